The average molecular weight is 288 g/mol. The van der Waals surface area contributed by atoms with Gasteiger partial charge in [0.1, 0.15) is 4.90 Å². The van der Waals surface area contributed by atoms with Gasteiger partial charge in [-0.05, 0) is 0 Å². The van der Waals surface area contributed by atoms with Crippen LogP contribution in [0.1, 0.15) is 10.4 Å². The largest absolute Gasteiger partial charge is 0.453 e. The number of benzene rings is 1. The first-order valence-electron chi connectivity index (χ1n) is 4.86. The van der Waals surface area contributed by atoms with Crippen LogP contribution in [0.25, 0.3) is 10.9 Å². The summed E-state index contributed by atoms with van der Waals surface area (Å²) in [6.07, 6.45) is 1.95. The Bertz CT molecular complexity index is 764. The lowest BCUT2D eigenvalue weighted by Crippen LogP contribution is -1.98. The minimum absolute atomic E-state index is 0.0419. The lowest BCUT2D eigenvalue weighted by Gasteiger charge is -2.05. The highest BCUT2D eigenvalue weighted by Crippen LogP contribution is 2.45. The summed E-state index contributed by atoms with van der Waals surface area (Å²) < 4.78 is 33.6. The Morgan fingerprint density at radius 1 is 1.39 bits per heavy atom. The van der Waals surface area contributed by atoms with E-state index in [2.05, 4.69) is 4.98 Å². The van der Waals surface area contributed by atoms with Gasteiger partial charge in [0.25, 0.3) is 9.05 Å². The lowest BCUT2D eigenvalue weighted by molar-refractivity contribution is 0.112. The molecule has 1 aliphatic rings. The number of halogens is 1. The number of H-pyrrole nitrogens is 1. The number of fused-ring (bicyclic) bond motifs is 2. The minimum atomic E-state index is -4.07. The van der Waals surface area contributed by atoms with E-state index in [9.17, 15) is 13.2 Å². The van der Waals surface area contributed by atoms with Crippen molar-refractivity contribution in [3.05, 3.63) is 17.8 Å². The third-order valence-electron chi connectivity index (χ3n) is 2.66. The number of carbonyl (C=O) groups is 1. The first kappa shape index (κ1) is 11.4. The van der Waals surface area contributed by atoms with Crippen LogP contribution in [-0.2, 0) is 9.05 Å². The first-order valence-corrected chi connectivity index (χ1v) is 7.17. The van der Waals surface area contributed by atoms with Crippen LogP contribution in [0.2, 0.25) is 0 Å². The smallest absolute Gasteiger partial charge is 0.265 e. The number of ether oxygens (including phenoxy) is 2. The third kappa shape index (κ3) is 1.48. The Morgan fingerprint density at radius 3 is 2.83 bits per heavy atom. The highest BCUT2D eigenvalue weighted by Gasteiger charge is 2.30. The van der Waals surface area contributed by atoms with Gasteiger partial charge in [-0.2, -0.15) is 0 Å². The van der Waals surface area contributed by atoms with E-state index in [0.717, 1.165) is 0 Å². The molecule has 3 rings (SSSR count). The fraction of sp³-hybridized carbons (Fsp3) is 0.100. The van der Waals surface area contributed by atoms with Crippen molar-refractivity contribution < 1.29 is 22.7 Å². The molecule has 0 amide bonds. The molecule has 0 radical (unpaired) electrons. The molecule has 1 N–H and O–H groups in total. The van der Waals surface area contributed by atoms with E-state index in [1.165, 1.54) is 6.20 Å². The number of hydrogen-bond acceptors (Lipinski definition) is 5. The zero-order chi connectivity index (χ0) is 12.9. The molecule has 0 saturated heterocycles. The fourth-order valence-corrected chi connectivity index (χ4v) is 3.26. The van der Waals surface area contributed by atoms with Gasteiger partial charge >= 0.3 is 0 Å². The second kappa shape index (κ2) is 3.63. The normalized spacial score (nSPS) is 14.1. The molecule has 0 unspecified atom stereocenters. The molecule has 94 valence electrons. The summed E-state index contributed by atoms with van der Waals surface area (Å²) in [6.45, 7) is -0.0855. The van der Waals surface area contributed by atoms with E-state index < -0.39 is 9.05 Å². The van der Waals surface area contributed by atoms with Crippen molar-refractivity contribution in [2.45, 2.75) is 4.90 Å². The Kier molecular flexibility index (Phi) is 2.29. The lowest BCUT2D eigenvalue weighted by atomic mass is 10.1. The summed E-state index contributed by atoms with van der Waals surface area (Å²) in [5.41, 5.74) is 0.642. The van der Waals surface area contributed by atoms with Crippen molar-refractivity contribution in [2.75, 3.05) is 6.79 Å². The summed E-state index contributed by atoms with van der Waals surface area (Å²) in [6, 6.07) is 1.57. The molecule has 0 bridgehead atoms. The van der Waals surface area contributed by atoms with Gasteiger partial charge in [0.2, 0.25) is 6.79 Å². The Morgan fingerprint density at radius 2 is 2.17 bits per heavy atom. The van der Waals surface area contributed by atoms with Gasteiger partial charge in [0, 0.05) is 33.9 Å². The van der Waals surface area contributed by atoms with Crippen LogP contribution in [0.5, 0.6) is 11.5 Å². The van der Waals surface area contributed by atoms with Gasteiger partial charge in [0.05, 0.1) is 5.52 Å². The van der Waals surface area contributed by atoms with Gasteiger partial charge in [-0.15, -0.1) is 0 Å². The van der Waals surface area contributed by atoms with Crippen molar-refractivity contribution in [3.63, 3.8) is 0 Å². The molecule has 6 nitrogen and oxygen atoms in total. The molecular weight excluding hydrogens is 282 g/mol. The number of aldehydes is 1. The summed E-state index contributed by atoms with van der Waals surface area (Å²) in [5.74, 6) is 0.321. The van der Waals surface area contributed by atoms with Crippen molar-refractivity contribution in [1.82, 2.24) is 4.98 Å². The first-order chi connectivity index (χ1) is 8.52. The second-order valence-corrected chi connectivity index (χ2v) is 6.16. The van der Waals surface area contributed by atoms with Gasteiger partial charge in [0.15, 0.2) is 17.8 Å². The molecule has 0 saturated carbocycles. The summed E-state index contributed by atoms with van der Waals surface area (Å²) >= 11 is 0. The second-order valence-electron chi connectivity index (χ2n) is 3.66. The van der Waals surface area contributed by atoms with E-state index in [-0.39, 0.29) is 34.1 Å². The topological polar surface area (TPSA) is 85.5 Å². The van der Waals surface area contributed by atoms with E-state index in [0.29, 0.717) is 11.8 Å². The Hall–Kier alpha value is -1.73. The van der Waals surface area contributed by atoms with E-state index in [4.69, 9.17) is 20.2 Å². The van der Waals surface area contributed by atoms with Crippen molar-refractivity contribution >= 4 is 36.9 Å². The summed E-state index contributed by atoms with van der Waals surface area (Å²) in [5, 5.41) is 0.212. The standard InChI is InChI=1S/C10H6ClNO5S/c11-18(14,15)10-8-5(3-13)2-12-6(8)1-7-9(10)17-4-16-7/h1-3,12H,4H2. The van der Waals surface area contributed by atoms with Crippen LogP contribution in [0, 0.1) is 0 Å². The quantitative estimate of drug-likeness (QED) is 0.670. The van der Waals surface area contributed by atoms with Crippen molar-refractivity contribution in [2.24, 2.45) is 0 Å². The van der Waals surface area contributed by atoms with E-state index in [1.54, 1.807) is 6.07 Å². The zero-order valence-corrected chi connectivity index (χ0v) is 10.3. The van der Waals surface area contributed by atoms with Crippen molar-refractivity contribution in [1.29, 1.82) is 0 Å². The molecule has 0 atom stereocenters. The summed E-state index contributed by atoms with van der Waals surface area (Å²) in [4.78, 5) is 13.5. The van der Waals surface area contributed by atoms with Gasteiger partial charge < -0.3 is 14.5 Å². The molecule has 18 heavy (non-hydrogen) atoms. The molecule has 1 aromatic heterocycles. The molecular formula is C10H6ClNO5S. The molecule has 1 aromatic carbocycles. The van der Waals surface area contributed by atoms with E-state index >= 15 is 0 Å². The predicted molar refractivity (Wildman–Crippen MR) is 62.8 cm³/mol. The number of aromatic amines is 1. The van der Waals surface area contributed by atoms with Crippen molar-refractivity contribution in [3.8, 4) is 11.5 Å². The SMILES string of the molecule is O=Cc1c[nH]c2cc3c(c(S(=O)(=O)Cl)c12)OCO3. The molecule has 8 heteroatoms. The average Bonchev–Trinajstić information content (AvgIpc) is 2.88. The van der Waals surface area contributed by atoms with E-state index in [1.807, 2.05) is 0 Å². The Balaban J connectivity index is 2.55. The monoisotopic (exact) mass is 287 g/mol. The highest BCUT2D eigenvalue weighted by molar-refractivity contribution is 8.14. The van der Waals surface area contributed by atoms with Gasteiger partial charge in [-0.3, -0.25) is 4.79 Å². The molecule has 2 heterocycles. The Labute approximate surface area is 106 Å². The molecule has 0 spiro atoms. The maximum Gasteiger partial charge on any atom is 0.265 e. The van der Waals surface area contributed by atoms with Gasteiger partial charge in [-0.25, -0.2) is 8.42 Å². The zero-order valence-electron chi connectivity index (χ0n) is 8.77. The molecule has 0 fully saturated rings. The number of aromatic nitrogens is 1. The number of hydrogen-bond donors (Lipinski definition) is 1. The fourth-order valence-electron chi connectivity index (χ4n) is 1.97. The van der Waals surface area contributed by atoms with Crippen LogP contribution in [0.15, 0.2) is 17.2 Å². The van der Waals surface area contributed by atoms with Crippen LogP contribution < -0.4 is 9.47 Å². The molecule has 1 aliphatic heterocycles. The number of rotatable bonds is 2. The minimum Gasteiger partial charge on any atom is -0.453 e. The molecule has 2 aromatic rings. The molecule has 0 aliphatic carbocycles. The van der Waals surface area contributed by atoms with Crippen LogP contribution in [-0.4, -0.2) is 26.5 Å². The van der Waals surface area contributed by atoms with Gasteiger partial charge in [-0.1, -0.05) is 0 Å². The predicted octanol–water partition coefficient (Wildman–Crippen LogP) is 1.64. The number of nitrogens with one attached hydrogen (secondary N) is 1. The maximum atomic E-state index is 11.7. The highest BCUT2D eigenvalue weighted by atomic mass is 35.7. The van der Waals surface area contributed by atoms with Crippen LogP contribution >= 0.6 is 10.7 Å². The van der Waals surface area contributed by atoms with Crippen LogP contribution in [0.3, 0.4) is 0 Å². The number of carbonyl (C=O) groups excluding carboxylic acids is 1. The van der Waals surface area contributed by atoms with Crippen LogP contribution in [0.4, 0.5) is 0 Å². The maximum absolute atomic E-state index is 11.7. The summed E-state index contributed by atoms with van der Waals surface area (Å²) in [7, 11) is 1.35. The third-order valence-corrected chi connectivity index (χ3v) is 4.00.